The first kappa shape index (κ1) is 16.2. The Kier molecular flexibility index (Phi) is 5.97. The van der Waals surface area contributed by atoms with Crippen molar-refractivity contribution in [3.05, 3.63) is 63.6 Å². The zero-order valence-electron chi connectivity index (χ0n) is 11.7. The molecule has 1 heterocycles. The topological polar surface area (TPSA) is 24.9 Å². The number of aromatic nitrogens is 1. The van der Waals surface area contributed by atoms with Crippen molar-refractivity contribution in [3.63, 3.8) is 0 Å². The summed E-state index contributed by atoms with van der Waals surface area (Å²) in [6, 6.07) is 6.89. The minimum Gasteiger partial charge on any atom is -0.310 e. The Hall–Kier alpha value is -1.16. The van der Waals surface area contributed by atoms with Crippen molar-refractivity contribution in [1.82, 2.24) is 10.3 Å². The minimum absolute atomic E-state index is 0.189. The van der Waals surface area contributed by atoms with Crippen molar-refractivity contribution >= 4 is 23.2 Å². The van der Waals surface area contributed by atoms with E-state index in [1.54, 1.807) is 30.5 Å². The third-order valence-electron chi connectivity index (χ3n) is 3.29. The minimum atomic E-state index is -0.325. The average Bonchev–Trinajstić information content (AvgIpc) is 2.47. The standard InChI is InChI=1S/C16H17Cl2FN2/c1-2-7-21-16(11-6-8-20-10-15(11)19)9-12-13(17)4-3-5-14(12)18/h3-6,8,10,16,21H,2,7,9H2,1H3. The van der Waals surface area contributed by atoms with E-state index >= 15 is 0 Å². The molecular formula is C16H17Cl2FN2. The summed E-state index contributed by atoms with van der Waals surface area (Å²) in [5.74, 6) is -0.325. The smallest absolute Gasteiger partial charge is 0.146 e. The predicted molar refractivity (Wildman–Crippen MR) is 85.4 cm³/mol. The van der Waals surface area contributed by atoms with E-state index < -0.39 is 0 Å². The maximum atomic E-state index is 14.0. The monoisotopic (exact) mass is 326 g/mol. The molecule has 2 aromatic rings. The fourth-order valence-electron chi connectivity index (χ4n) is 2.21. The number of rotatable bonds is 6. The summed E-state index contributed by atoms with van der Waals surface area (Å²) in [6.07, 6.45) is 4.30. The fourth-order valence-corrected chi connectivity index (χ4v) is 2.76. The summed E-state index contributed by atoms with van der Waals surface area (Å²) in [6.45, 7) is 2.85. The van der Waals surface area contributed by atoms with E-state index in [-0.39, 0.29) is 11.9 Å². The van der Waals surface area contributed by atoms with E-state index in [1.165, 1.54) is 6.20 Å². The largest absolute Gasteiger partial charge is 0.310 e. The molecule has 5 heteroatoms. The second-order valence-electron chi connectivity index (χ2n) is 4.81. The van der Waals surface area contributed by atoms with Crippen molar-refractivity contribution in [2.75, 3.05) is 6.54 Å². The van der Waals surface area contributed by atoms with Gasteiger partial charge in [0.2, 0.25) is 0 Å². The highest BCUT2D eigenvalue weighted by atomic mass is 35.5. The van der Waals surface area contributed by atoms with Crippen LogP contribution in [0.5, 0.6) is 0 Å². The second-order valence-corrected chi connectivity index (χ2v) is 5.62. The average molecular weight is 327 g/mol. The first-order valence-electron chi connectivity index (χ1n) is 6.89. The summed E-state index contributed by atoms with van der Waals surface area (Å²) < 4.78 is 14.0. The molecule has 1 aromatic heterocycles. The van der Waals surface area contributed by atoms with E-state index in [1.807, 2.05) is 0 Å². The molecule has 1 unspecified atom stereocenters. The van der Waals surface area contributed by atoms with Gasteiger partial charge in [0, 0.05) is 27.8 Å². The van der Waals surface area contributed by atoms with Gasteiger partial charge in [-0.25, -0.2) is 4.39 Å². The number of nitrogens with one attached hydrogen (secondary N) is 1. The van der Waals surface area contributed by atoms with Crippen LogP contribution in [0.3, 0.4) is 0 Å². The zero-order valence-corrected chi connectivity index (χ0v) is 13.3. The van der Waals surface area contributed by atoms with Gasteiger partial charge in [-0.15, -0.1) is 0 Å². The highest BCUT2D eigenvalue weighted by Gasteiger charge is 2.18. The molecule has 2 rings (SSSR count). The lowest BCUT2D eigenvalue weighted by Crippen LogP contribution is -2.25. The SMILES string of the molecule is CCCNC(Cc1c(Cl)cccc1Cl)c1ccncc1F. The Balaban J connectivity index is 2.31. The van der Waals surface area contributed by atoms with E-state index in [0.29, 0.717) is 22.0 Å². The Labute approximate surface area is 134 Å². The molecule has 0 radical (unpaired) electrons. The maximum absolute atomic E-state index is 14.0. The molecule has 1 aromatic carbocycles. The Morgan fingerprint density at radius 1 is 1.24 bits per heavy atom. The molecule has 1 N–H and O–H groups in total. The molecule has 1 atom stereocenters. The van der Waals surface area contributed by atoms with Gasteiger partial charge in [0.1, 0.15) is 5.82 Å². The van der Waals surface area contributed by atoms with Gasteiger partial charge in [-0.1, -0.05) is 36.2 Å². The van der Waals surface area contributed by atoms with Crippen molar-refractivity contribution < 1.29 is 4.39 Å². The van der Waals surface area contributed by atoms with Crippen LogP contribution in [-0.4, -0.2) is 11.5 Å². The molecule has 0 fully saturated rings. The van der Waals surface area contributed by atoms with Gasteiger partial charge in [-0.3, -0.25) is 4.98 Å². The first-order chi connectivity index (χ1) is 10.1. The highest BCUT2D eigenvalue weighted by Crippen LogP contribution is 2.30. The predicted octanol–water partition coefficient (Wildman–Crippen LogP) is 4.81. The van der Waals surface area contributed by atoms with Crippen molar-refractivity contribution in [3.8, 4) is 0 Å². The number of benzene rings is 1. The Morgan fingerprint density at radius 2 is 1.95 bits per heavy atom. The Bertz CT molecular complexity index is 584. The lowest BCUT2D eigenvalue weighted by atomic mass is 9.99. The van der Waals surface area contributed by atoms with Crippen LogP contribution < -0.4 is 5.32 Å². The lowest BCUT2D eigenvalue weighted by Gasteiger charge is -2.20. The number of hydrogen-bond acceptors (Lipinski definition) is 2. The summed E-state index contributed by atoms with van der Waals surface area (Å²) in [5.41, 5.74) is 1.40. The van der Waals surface area contributed by atoms with Crippen LogP contribution in [0.4, 0.5) is 4.39 Å². The quantitative estimate of drug-likeness (QED) is 0.823. The summed E-state index contributed by atoms with van der Waals surface area (Å²) >= 11 is 12.4. The molecule has 0 bridgehead atoms. The van der Waals surface area contributed by atoms with Gasteiger partial charge in [0.05, 0.1) is 6.20 Å². The van der Waals surface area contributed by atoms with Gasteiger partial charge >= 0.3 is 0 Å². The summed E-state index contributed by atoms with van der Waals surface area (Å²) in [7, 11) is 0. The molecule has 0 saturated carbocycles. The molecule has 0 spiro atoms. The van der Waals surface area contributed by atoms with Crippen molar-refractivity contribution in [2.24, 2.45) is 0 Å². The summed E-state index contributed by atoms with van der Waals surface area (Å²) in [5, 5.41) is 4.54. The number of pyridine rings is 1. The molecule has 2 nitrogen and oxygen atoms in total. The van der Waals surface area contributed by atoms with E-state index in [2.05, 4.69) is 17.2 Å². The second kappa shape index (κ2) is 7.74. The van der Waals surface area contributed by atoms with Gasteiger partial charge in [0.15, 0.2) is 0 Å². The van der Waals surface area contributed by atoms with Gasteiger partial charge in [-0.05, 0) is 43.1 Å². The maximum Gasteiger partial charge on any atom is 0.146 e. The van der Waals surface area contributed by atoms with Gasteiger partial charge in [-0.2, -0.15) is 0 Å². The Morgan fingerprint density at radius 3 is 2.57 bits per heavy atom. The molecule has 0 aliphatic heterocycles. The van der Waals surface area contributed by atoms with E-state index in [0.717, 1.165) is 18.5 Å². The highest BCUT2D eigenvalue weighted by molar-refractivity contribution is 6.36. The number of nitrogens with zero attached hydrogens (tertiary/aromatic N) is 1. The van der Waals surface area contributed by atoms with Gasteiger partial charge < -0.3 is 5.32 Å². The van der Waals surface area contributed by atoms with E-state index in [9.17, 15) is 4.39 Å². The molecule has 0 amide bonds. The van der Waals surface area contributed by atoms with E-state index in [4.69, 9.17) is 23.2 Å². The third-order valence-corrected chi connectivity index (χ3v) is 4.00. The van der Waals surface area contributed by atoms with Crippen LogP contribution in [0.15, 0.2) is 36.7 Å². The molecule has 0 aliphatic rings. The lowest BCUT2D eigenvalue weighted by molar-refractivity contribution is 0.495. The first-order valence-corrected chi connectivity index (χ1v) is 7.64. The summed E-state index contributed by atoms with van der Waals surface area (Å²) in [4.78, 5) is 3.79. The van der Waals surface area contributed by atoms with Crippen LogP contribution in [0, 0.1) is 5.82 Å². The van der Waals surface area contributed by atoms with Gasteiger partial charge in [0.25, 0.3) is 0 Å². The zero-order chi connectivity index (χ0) is 15.2. The van der Waals surface area contributed by atoms with Crippen LogP contribution in [0.1, 0.15) is 30.5 Å². The number of halogens is 3. The van der Waals surface area contributed by atoms with Crippen LogP contribution in [0.25, 0.3) is 0 Å². The fraction of sp³-hybridized carbons (Fsp3) is 0.312. The molecule has 112 valence electrons. The third kappa shape index (κ3) is 4.16. The molecule has 0 aliphatic carbocycles. The van der Waals surface area contributed by atoms with Crippen molar-refractivity contribution in [1.29, 1.82) is 0 Å². The van der Waals surface area contributed by atoms with Crippen LogP contribution in [-0.2, 0) is 6.42 Å². The normalized spacial score (nSPS) is 12.4. The van der Waals surface area contributed by atoms with Crippen LogP contribution >= 0.6 is 23.2 Å². The number of hydrogen-bond donors (Lipinski definition) is 1. The molecular weight excluding hydrogens is 310 g/mol. The molecule has 21 heavy (non-hydrogen) atoms. The molecule has 0 saturated heterocycles. The van der Waals surface area contributed by atoms with Crippen LogP contribution in [0.2, 0.25) is 10.0 Å². The van der Waals surface area contributed by atoms with Crippen molar-refractivity contribution in [2.45, 2.75) is 25.8 Å².